The third-order valence-electron chi connectivity index (χ3n) is 3.63. The summed E-state index contributed by atoms with van der Waals surface area (Å²) in [7, 11) is 1.66. The first kappa shape index (κ1) is 32.6. The number of amides is 3. The number of hydrogen-bond acceptors (Lipinski definition) is 6. The molecule has 0 aromatic heterocycles. The minimum Gasteiger partial charge on any atom is -0.444 e. The van der Waals surface area contributed by atoms with Crippen LogP contribution in [0.15, 0.2) is 4.99 Å². The van der Waals surface area contributed by atoms with Crippen molar-refractivity contribution >= 4 is 24.2 Å². The first-order valence-electron chi connectivity index (χ1n) is 10.6. The van der Waals surface area contributed by atoms with Crippen LogP contribution in [-0.2, 0) is 14.3 Å². The van der Waals surface area contributed by atoms with Crippen molar-refractivity contribution in [1.29, 1.82) is 0 Å². The Balaban J connectivity index is 0. The average molecular weight is 485 g/mol. The second-order valence-corrected chi connectivity index (χ2v) is 8.06. The molecule has 0 heterocycles. The summed E-state index contributed by atoms with van der Waals surface area (Å²) in [6, 6.07) is 0. The normalized spacial score (nSPS) is 11.8. The molecule has 0 aromatic carbocycles. The maximum Gasteiger partial charge on any atom is 0.407 e. The highest BCUT2D eigenvalue weighted by Crippen LogP contribution is 2.16. The molecule has 0 saturated carbocycles. The molecule has 10 nitrogen and oxygen atoms in total. The lowest BCUT2D eigenvalue weighted by Crippen LogP contribution is -2.39. The van der Waals surface area contributed by atoms with E-state index >= 15 is 0 Å². The molecule has 0 fully saturated rings. The van der Waals surface area contributed by atoms with Crippen molar-refractivity contribution in [2.45, 2.75) is 58.7 Å². The molecule has 0 aliphatic rings. The Bertz CT molecular complexity index is 591. The molecule has 0 rings (SSSR count). The number of hydrogen-bond donors (Lipinski definition) is 4. The smallest absolute Gasteiger partial charge is 0.407 e. The molecule has 0 aromatic rings. The van der Waals surface area contributed by atoms with Gasteiger partial charge in [0.1, 0.15) is 5.60 Å². The van der Waals surface area contributed by atoms with Crippen molar-refractivity contribution in [3.05, 3.63) is 0 Å². The van der Waals surface area contributed by atoms with Gasteiger partial charge in [0.2, 0.25) is 12.3 Å². The number of aliphatic imine (C=N–C) groups is 1. The van der Waals surface area contributed by atoms with Crippen LogP contribution in [0.25, 0.3) is 0 Å². The van der Waals surface area contributed by atoms with E-state index < -0.39 is 24.4 Å². The Morgan fingerprint density at radius 2 is 1.58 bits per heavy atom. The summed E-state index contributed by atoms with van der Waals surface area (Å²) in [4.78, 5) is 37.9. The highest BCUT2D eigenvalue weighted by atomic mass is 19.4. The molecule has 0 spiro atoms. The number of alkyl carbamates (subject to hydrolysis) is 1. The van der Waals surface area contributed by atoms with Crippen LogP contribution in [0.2, 0.25) is 0 Å². The molecule has 0 bridgehead atoms. The summed E-state index contributed by atoms with van der Waals surface area (Å²) in [6.07, 6.45) is -3.66. The first-order valence-corrected chi connectivity index (χ1v) is 10.6. The zero-order chi connectivity index (χ0) is 25.9. The first-order chi connectivity index (χ1) is 15.2. The third kappa shape index (κ3) is 27.4. The summed E-state index contributed by atoms with van der Waals surface area (Å²) in [5, 5.41) is 7.44. The zero-order valence-electron chi connectivity index (χ0n) is 20.2. The fourth-order valence-electron chi connectivity index (χ4n) is 2.19. The molecule has 0 radical (unpaired) electrons. The Hall–Kier alpha value is -2.57. The number of carbonyl (C=O) groups is 3. The van der Waals surface area contributed by atoms with Crippen LogP contribution < -0.4 is 21.7 Å². The van der Waals surface area contributed by atoms with Gasteiger partial charge < -0.3 is 26.4 Å². The van der Waals surface area contributed by atoms with E-state index in [1.54, 1.807) is 34.7 Å². The topological polar surface area (TPSA) is 138 Å². The van der Waals surface area contributed by atoms with E-state index in [4.69, 9.17) is 10.5 Å². The molecule has 0 unspecified atom stereocenters. The zero-order valence-corrected chi connectivity index (χ0v) is 20.2. The van der Waals surface area contributed by atoms with E-state index in [2.05, 4.69) is 20.9 Å². The summed E-state index contributed by atoms with van der Waals surface area (Å²) in [6.45, 7) is 6.79. The van der Waals surface area contributed by atoms with E-state index in [1.807, 2.05) is 0 Å². The van der Waals surface area contributed by atoms with Gasteiger partial charge >= 0.3 is 12.3 Å². The van der Waals surface area contributed by atoms with Crippen molar-refractivity contribution in [3.8, 4) is 0 Å². The van der Waals surface area contributed by atoms with Crippen LogP contribution in [0.1, 0.15) is 47.0 Å². The number of ether oxygens (including phenoxy) is 1. The predicted octanol–water partition coefficient (Wildman–Crippen LogP) is 1.40. The number of amidine groups is 1. The average Bonchev–Trinajstić information content (AvgIpc) is 2.66. The van der Waals surface area contributed by atoms with Crippen molar-refractivity contribution in [2.24, 2.45) is 10.7 Å². The van der Waals surface area contributed by atoms with Gasteiger partial charge in [-0.2, -0.15) is 13.2 Å². The van der Waals surface area contributed by atoms with Crippen LogP contribution in [0.3, 0.4) is 0 Å². The molecule has 3 amide bonds. The number of halogens is 3. The van der Waals surface area contributed by atoms with Crippen molar-refractivity contribution < 1.29 is 32.3 Å². The van der Waals surface area contributed by atoms with Gasteiger partial charge in [-0.25, -0.2) is 4.79 Å². The summed E-state index contributed by atoms with van der Waals surface area (Å²) < 4.78 is 43.2. The third-order valence-corrected chi connectivity index (χ3v) is 3.63. The maximum atomic E-state index is 12.7. The van der Waals surface area contributed by atoms with E-state index in [1.165, 1.54) is 4.90 Å². The SMILES string of the molecule is CC(C)(C)OC(=O)NCCCN(CCCNC(=O)CCNC=O)CC(F)(F)F.CN=C(C)N. The van der Waals surface area contributed by atoms with Crippen molar-refractivity contribution in [2.75, 3.05) is 46.3 Å². The van der Waals surface area contributed by atoms with Gasteiger partial charge in [-0.05, 0) is 40.5 Å². The van der Waals surface area contributed by atoms with Crippen LogP contribution in [0.5, 0.6) is 0 Å². The molecule has 13 heteroatoms. The molecule has 0 atom stereocenters. The van der Waals surface area contributed by atoms with Gasteiger partial charge in [-0.3, -0.25) is 19.5 Å². The monoisotopic (exact) mass is 484 g/mol. The van der Waals surface area contributed by atoms with Crippen LogP contribution in [0, 0.1) is 0 Å². The number of nitrogens with zero attached hydrogens (tertiary/aromatic N) is 2. The van der Waals surface area contributed by atoms with E-state index in [0.717, 1.165) is 0 Å². The van der Waals surface area contributed by atoms with Gasteiger partial charge in [0.15, 0.2) is 0 Å². The number of carbonyl (C=O) groups excluding carboxylic acids is 3. The number of nitrogens with two attached hydrogens (primary N) is 1. The number of rotatable bonds is 13. The molecule has 5 N–H and O–H groups in total. The Morgan fingerprint density at radius 3 is 2.00 bits per heavy atom. The molecular weight excluding hydrogens is 445 g/mol. The largest absolute Gasteiger partial charge is 0.444 e. The summed E-state index contributed by atoms with van der Waals surface area (Å²) in [5.41, 5.74) is 4.40. The number of nitrogens with one attached hydrogen (secondary N) is 3. The Labute approximate surface area is 193 Å². The Kier molecular flexibility index (Phi) is 17.7. The molecule has 33 heavy (non-hydrogen) atoms. The van der Waals surface area contributed by atoms with Gasteiger partial charge in [0.05, 0.1) is 12.4 Å². The lowest BCUT2D eigenvalue weighted by atomic mass is 10.2. The second-order valence-electron chi connectivity index (χ2n) is 8.06. The fraction of sp³-hybridized carbons (Fsp3) is 0.800. The minimum absolute atomic E-state index is 0.112. The van der Waals surface area contributed by atoms with Gasteiger partial charge in [-0.1, -0.05) is 0 Å². The minimum atomic E-state index is -4.33. The Morgan fingerprint density at radius 1 is 1.06 bits per heavy atom. The van der Waals surface area contributed by atoms with Crippen molar-refractivity contribution in [3.63, 3.8) is 0 Å². The predicted molar refractivity (Wildman–Crippen MR) is 121 cm³/mol. The molecule has 0 aliphatic carbocycles. The standard InChI is InChI=1S/C17H31F3N4O4.C3H8N2/c1-16(2,3)28-15(27)23-8-5-11-24(12-17(18,19)20)10-4-7-22-14(26)6-9-21-13-25;1-3(4)5-2/h13H,4-12H2,1-3H3,(H,21,25)(H,22,26)(H,23,27);1-2H3,(H2,4,5). The molecule has 194 valence electrons. The van der Waals surface area contributed by atoms with Gasteiger partial charge in [0.25, 0.3) is 0 Å². The van der Waals surface area contributed by atoms with Gasteiger partial charge in [-0.15, -0.1) is 0 Å². The lowest BCUT2D eigenvalue weighted by Gasteiger charge is -2.24. The van der Waals surface area contributed by atoms with Crippen molar-refractivity contribution in [1.82, 2.24) is 20.9 Å². The fourth-order valence-corrected chi connectivity index (χ4v) is 2.19. The molecule has 0 aliphatic heterocycles. The summed E-state index contributed by atoms with van der Waals surface area (Å²) >= 11 is 0. The molecular formula is C20H39F3N6O4. The number of alkyl halides is 3. The summed E-state index contributed by atoms with van der Waals surface area (Å²) in [5.74, 6) is 0.350. The van der Waals surface area contributed by atoms with Crippen LogP contribution >= 0.6 is 0 Å². The van der Waals surface area contributed by atoms with E-state index in [0.29, 0.717) is 25.1 Å². The van der Waals surface area contributed by atoms with E-state index in [-0.39, 0.29) is 45.1 Å². The molecule has 0 saturated heterocycles. The highest BCUT2D eigenvalue weighted by Gasteiger charge is 2.30. The quantitative estimate of drug-likeness (QED) is 0.135. The van der Waals surface area contributed by atoms with Crippen LogP contribution in [0.4, 0.5) is 18.0 Å². The second kappa shape index (κ2) is 17.9. The van der Waals surface area contributed by atoms with E-state index in [9.17, 15) is 27.6 Å². The highest BCUT2D eigenvalue weighted by molar-refractivity contribution is 5.77. The van der Waals surface area contributed by atoms with Crippen LogP contribution in [-0.4, -0.2) is 87.2 Å². The maximum absolute atomic E-state index is 12.7. The lowest BCUT2D eigenvalue weighted by molar-refractivity contribution is -0.146. The van der Waals surface area contributed by atoms with Gasteiger partial charge in [0, 0.05) is 46.2 Å².